The number of carbonyl (C=O) groups is 2. The third kappa shape index (κ3) is 3.98. The number of likely N-dealkylation sites (tertiary alicyclic amines) is 1. The molecule has 1 aromatic rings. The van der Waals surface area contributed by atoms with E-state index in [1.165, 1.54) is 10.5 Å². The molecule has 6 heteroatoms. The van der Waals surface area contributed by atoms with E-state index >= 15 is 0 Å². The first kappa shape index (κ1) is 20.6. The Labute approximate surface area is 167 Å². The summed E-state index contributed by atoms with van der Waals surface area (Å²) in [5, 5.41) is 0. The molecule has 0 N–H and O–H groups in total. The fraction of sp³-hybridized carbons (Fsp3) is 0.545. The summed E-state index contributed by atoms with van der Waals surface area (Å²) in [6.45, 7) is 7.85. The lowest BCUT2D eigenvalue weighted by molar-refractivity contribution is -0.136. The average molecular weight is 386 g/mol. The van der Waals surface area contributed by atoms with Crippen molar-refractivity contribution in [1.82, 2.24) is 14.7 Å². The quantitative estimate of drug-likeness (QED) is 0.535. The van der Waals surface area contributed by atoms with Gasteiger partial charge in [-0.15, -0.1) is 0 Å². The topological polar surface area (TPSA) is 53.1 Å². The molecule has 0 aliphatic carbocycles. The molecule has 6 nitrogen and oxygen atoms in total. The summed E-state index contributed by atoms with van der Waals surface area (Å²) in [5.41, 5.74) is 1.64. The van der Waals surface area contributed by atoms with Crippen molar-refractivity contribution in [3.05, 3.63) is 47.5 Å². The monoisotopic (exact) mass is 385 g/mol. The zero-order chi connectivity index (χ0) is 20.1. The summed E-state index contributed by atoms with van der Waals surface area (Å²) >= 11 is 0. The third-order valence-corrected chi connectivity index (χ3v) is 5.97. The summed E-state index contributed by atoms with van der Waals surface area (Å²) in [6, 6.07) is 9.72. The average Bonchev–Trinajstić information content (AvgIpc) is 2.90. The van der Waals surface area contributed by atoms with Crippen LogP contribution in [-0.2, 0) is 16.1 Å². The molecule has 0 atom stereocenters. The van der Waals surface area contributed by atoms with Crippen molar-refractivity contribution >= 4 is 11.9 Å². The lowest BCUT2D eigenvalue weighted by Crippen LogP contribution is -2.56. The molecular formula is C22H31N3O3. The van der Waals surface area contributed by atoms with Gasteiger partial charge >= 0.3 is 6.03 Å². The van der Waals surface area contributed by atoms with Gasteiger partial charge in [-0.05, 0) is 32.3 Å². The maximum atomic E-state index is 13.4. The minimum Gasteiger partial charge on any atom is -0.383 e. The maximum Gasteiger partial charge on any atom is 0.328 e. The van der Waals surface area contributed by atoms with Gasteiger partial charge in [0.05, 0.1) is 13.2 Å². The Kier molecular flexibility index (Phi) is 6.52. The van der Waals surface area contributed by atoms with Crippen molar-refractivity contribution < 1.29 is 14.3 Å². The molecule has 3 rings (SSSR count). The van der Waals surface area contributed by atoms with Gasteiger partial charge in [-0.3, -0.25) is 14.6 Å². The highest BCUT2D eigenvalue weighted by Gasteiger charge is 2.57. The summed E-state index contributed by atoms with van der Waals surface area (Å²) in [4.78, 5) is 32.1. The number of rotatable bonds is 7. The molecule has 3 amide bonds. The van der Waals surface area contributed by atoms with Gasteiger partial charge in [0.1, 0.15) is 5.54 Å². The van der Waals surface area contributed by atoms with Crippen LogP contribution in [0.5, 0.6) is 0 Å². The number of urea groups is 1. The number of imide groups is 1. The van der Waals surface area contributed by atoms with Crippen LogP contribution in [0.25, 0.3) is 0 Å². The zero-order valence-corrected chi connectivity index (χ0v) is 17.2. The van der Waals surface area contributed by atoms with Crippen molar-refractivity contribution in [2.45, 2.75) is 38.8 Å². The van der Waals surface area contributed by atoms with Crippen LogP contribution in [-0.4, -0.2) is 72.1 Å². The Morgan fingerprint density at radius 3 is 2.46 bits per heavy atom. The first-order chi connectivity index (χ1) is 13.5. The van der Waals surface area contributed by atoms with Gasteiger partial charge in [-0.2, -0.15) is 0 Å². The molecular weight excluding hydrogens is 354 g/mol. The molecule has 0 radical (unpaired) electrons. The van der Waals surface area contributed by atoms with E-state index in [0.29, 0.717) is 32.5 Å². The number of ether oxygens (including phenoxy) is 1. The van der Waals surface area contributed by atoms with Crippen molar-refractivity contribution in [3.63, 3.8) is 0 Å². The van der Waals surface area contributed by atoms with E-state index in [-0.39, 0.29) is 11.9 Å². The number of hydrogen-bond donors (Lipinski definition) is 0. The lowest BCUT2D eigenvalue weighted by atomic mass is 9.85. The Bertz CT molecular complexity index is 724. The molecule has 0 bridgehead atoms. The van der Waals surface area contributed by atoms with Gasteiger partial charge in [0.25, 0.3) is 5.91 Å². The van der Waals surface area contributed by atoms with Gasteiger partial charge in [-0.25, -0.2) is 4.79 Å². The summed E-state index contributed by atoms with van der Waals surface area (Å²) in [7, 11) is 1.59. The van der Waals surface area contributed by atoms with E-state index in [2.05, 4.69) is 24.8 Å². The Balaban J connectivity index is 1.82. The number of amides is 3. The van der Waals surface area contributed by atoms with Crippen LogP contribution in [0.15, 0.2) is 42.0 Å². The minimum absolute atomic E-state index is 0.0621. The van der Waals surface area contributed by atoms with Gasteiger partial charge in [-0.1, -0.05) is 42.0 Å². The summed E-state index contributed by atoms with van der Waals surface area (Å²) < 4.78 is 5.12. The second-order valence-corrected chi connectivity index (χ2v) is 7.75. The normalized spacial score (nSPS) is 20.5. The fourth-order valence-corrected chi connectivity index (χ4v) is 4.16. The maximum absolute atomic E-state index is 13.4. The molecule has 2 heterocycles. The molecule has 2 aliphatic heterocycles. The second kappa shape index (κ2) is 8.88. The van der Waals surface area contributed by atoms with E-state index in [1.54, 1.807) is 12.0 Å². The van der Waals surface area contributed by atoms with Crippen LogP contribution in [0.1, 0.15) is 32.3 Å². The SMILES string of the molecule is CC=C(C)CN1CCC2(CC1)C(=O)N(CCOC)C(=O)N2Cc1ccccc1. The summed E-state index contributed by atoms with van der Waals surface area (Å²) in [6.07, 6.45) is 3.47. The summed E-state index contributed by atoms with van der Waals surface area (Å²) in [5.74, 6) is -0.0621. The van der Waals surface area contributed by atoms with E-state index < -0.39 is 5.54 Å². The van der Waals surface area contributed by atoms with Gasteiger partial charge in [0, 0.05) is 33.3 Å². The first-order valence-corrected chi connectivity index (χ1v) is 10.0. The highest BCUT2D eigenvalue weighted by Crippen LogP contribution is 2.38. The first-order valence-electron chi connectivity index (χ1n) is 10.0. The molecule has 2 fully saturated rings. The van der Waals surface area contributed by atoms with E-state index in [4.69, 9.17) is 4.74 Å². The van der Waals surface area contributed by atoms with Crippen molar-refractivity contribution in [2.75, 3.05) is 39.9 Å². The van der Waals surface area contributed by atoms with Crippen LogP contribution in [0.2, 0.25) is 0 Å². The number of carbonyl (C=O) groups excluding carboxylic acids is 2. The highest BCUT2D eigenvalue weighted by atomic mass is 16.5. The lowest BCUT2D eigenvalue weighted by Gasteiger charge is -2.42. The van der Waals surface area contributed by atoms with Crippen molar-refractivity contribution in [1.29, 1.82) is 0 Å². The number of nitrogens with zero attached hydrogens (tertiary/aromatic N) is 3. The smallest absolute Gasteiger partial charge is 0.328 e. The molecule has 1 aromatic carbocycles. The van der Waals surface area contributed by atoms with E-state index in [1.807, 2.05) is 30.3 Å². The van der Waals surface area contributed by atoms with E-state index in [0.717, 1.165) is 25.2 Å². The molecule has 2 saturated heterocycles. The second-order valence-electron chi connectivity index (χ2n) is 7.75. The Morgan fingerprint density at radius 1 is 1.18 bits per heavy atom. The van der Waals surface area contributed by atoms with Crippen molar-refractivity contribution in [3.8, 4) is 0 Å². The molecule has 0 saturated carbocycles. The molecule has 1 spiro atoms. The highest BCUT2D eigenvalue weighted by molar-refractivity contribution is 6.07. The fourth-order valence-electron chi connectivity index (χ4n) is 4.16. The van der Waals surface area contributed by atoms with Gasteiger partial charge < -0.3 is 9.64 Å². The molecule has 28 heavy (non-hydrogen) atoms. The number of methoxy groups -OCH3 is 1. The minimum atomic E-state index is -0.735. The van der Waals surface area contributed by atoms with Gasteiger partial charge in [0.2, 0.25) is 0 Å². The van der Waals surface area contributed by atoms with Crippen LogP contribution >= 0.6 is 0 Å². The largest absolute Gasteiger partial charge is 0.383 e. The van der Waals surface area contributed by atoms with Crippen LogP contribution in [0, 0.1) is 0 Å². The Hall–Kier alpha value is -2.18. The van der Waals surface area contributed by atoms with Crippen LogP contribution in [0.4, 0.5) is 4.79 Å². The predicted molar refractivity (Wildman–Crippen MR) is 109 cm³/mol. The number of piperidine rings is 1. The number of allylic oxidation sites excluding steroid dienone is 1. The zero-order valence-electron chi connectivity index (χ0n) is 17.2. The Morgan fingerprint density at radius 2 is 1.86 bits per heavy atom. The molecule has 0 aromatic heterocycles. The van der Waals surface area contributed by atoms with Gasteiger partial charge in [0.15, 0.2) is 0 Å². The molecule has 2 aliphatic rings. The number of hydrogen-bond acceptors (Lipinski definition) is 4. The third-order valence-electron chi connectivity index (χ3n) is 5.97. The van der Waals surface area contributed by atoms with E-state index in [9.17, 15) is 9.59 Å². The molecule has 152 valence electrons. The molecule has 0 unspecified atom stereocenters. The van der Waals surface area contributed by atoms with Crippen molar-refractivity contribution in [2.24, 2.45) is 0 Å². The predicted octanol–water partition coefficient (Wildman–Crippen LogP) is 2.90. The van der Waals surface area contributed by atoms with Crippen LogP contribution < -0.4 is 0 Å². The van der Waals surface area contributed by atoms with Crippen LogP contribution in [0.3, 0.4) is 0 Å². The standard InChI is InChI=1S/C22H31N3O3/c1-4-18(2)16-23-12-10-22(11-13-23)20(26)24(14-15-28-3)21(27)25(22)17-19-8-6-5-7-9-19/h4-9H,10-17H2,1-3H3. The number of benzene rings is 1.